The summed E-state index contributed by atoms with van der Waals surface area (Å²) in [6, 6.07) is 30.4. The molecule has 1 N–H and O–H groups in total. The maximum absolute atomic E-state index is 13.8. The molecule has 7 rings (SSSR count). The summed E-state index contributed by atoms with van der Waals surface area (Å²) in [4.78, 5) is 19.0. The molecule has 4 heterocycles. The van der Waals surface area contributed by atoms with Crippen molar-refractivity contribution in [2.75, 3.05) is 11.9 Å². The van der Waals surface area contributed by atoms with E-state index in [4.69, 9.17) is 14.7 Å². The van der Waals surface area contributed by atoms with Crippen LogP contribution in [0.25, 0.3) is 33.5 Å². The SMILES string of the molecule is Fc1ccc(-c2nc3n(c2-c2ccnc(NCc4ccccc4)n2)C(COc2ccc4ccccc4n2)CC3)cc1. The number of para-hydroxylation sites is 1. The van der Waals surface area contributed by atoms with Gasteiger partial charge in [0.2, 0.25) is 11.8 Å². The number of rotatable bonds is 8. The predicted molar refractivity (Wildman–Crippen MR) is 157 cm³/mol. The number of benzene rings is 3. The standard InChI is InChI=1S/C33H27FN6O/c34-25-13-10-24(11-14-25)31-32(28-18-19-35-33(38-28)36-20-22-6-2-1-3-7-22)40-26(15-16-29(40)39-31)21-41-30-17-12-23-8-4-5-9-27(23)37-30/h1-14,17-19,26H,15-16,20-21H2,(H,35,36,38). The maximum Gasteiger partial charge on any atom is 0.223 e. The van der Waals surface area contributed by atoms with Crippen molar-refractivity contribution >= 4 is 16.9 Å². The van der Waals surface area contributed by atoms with Gasteiger partial charge in [0, 0.05) is 36.2 Å². The highest BCUT2D eigenvalue weighted by Crippen LogP contribution is 2.39. The Morgan fingerprint density at radius 3 is 2.56 bits per heavy atom. The van der Waals surface area contributed by atoms with Crippen molar-refractivity contribution in [3.8, 4) is 28.5 Å². The van der Waals surface area contributed by atoms with Crippen LogP contribution in [-0.4, -0.2) is 31.1 Å². The van der Waals surface area contributed by atoms with Crippen molar-refractivity contribution in [3.63, 3.8) is 0 Å². The van der Waals surface area contributed by atoms with Crippen molar-refractivity contribution < 1.29 is 9.13 Å². The number of hydrogen-bond acceptors (Lipinski definition) is 6. The molecular weight excluding hydrogens is 515 g/mol. The molecule has 1 atom stereocenters. The summed E-state index contributed by atoms with van der Waals surface area (Å²) in [5.74, 6) is 1.78. The summed E-state index contributed by atoms with van der Waals surface area (Å²) < 4.78 is 22.3. The number of anilines is 1. The Labute approximate surface area is 236 Å². The molecule has 0 amide bonds. The molecule has 0 aliphatic carbocycles. The first-order valence-corrected chi connectivity index (χ1v) is 13.7. The molecule has 0 bridgehead atoms. The lowest BCUT2D eigenvalue weighted by atomic mass is 10.1. The number of pyridine rings is 1. The third-order valence-electron chi connectivity index (χ3n) is 7.36. The fourth-order valence-electron chi connectivity index (χ4n) is 5.35. The van der Waals surface area contributed by atoms with Crippen molar-refractivity contribution in [3.05, 3.63) is 120 Å². The van der Waals surface area contributed by atoms with Crippen LogP contribution >= 0.6 is 0 Å². The summed E-state index contributed by atoms with van der Waals surface area (Å²) >= 11 is 0. The molecule has 0 radical (unpaired) electrons. The molecule has 1 unspecified atom stereocenters. The van der Waals surface area contributed by atoms with Crippen LogP contribution in [0.1, 0.15) is 23.9 Å². The molecule has 8 heteroatoms. The molecule has 0 spiro atoms. The highest BCUT2D eigenvalue weighted by atomic mass is 19.1. The van der Waals surface area contributed by atoms with Crippen LogP contribution in [0.2, 0.25) is 0 Å². The number of nitrogens with one attached hydrogen (secondary N) is 1. The quantitative estimate of drug-likeness (QED) is 0.226. The fourth-order valence-corrected chi connectivity index (χ4v) is 5.35. The minimum Gasteiger partial charge on any atom is -0.475 e. The summed E-state index contributed by atoms with van der Waals surface area (Å²) in [5, 5.41) is 4.41. The maximum atomic E-state index is 13.8. The van der Waals surface area contributed by atoms with Gasteiger partial charge >= 0.3 is 0 Å². The molecule has 0 saturated heterocycles. The van der Waals surface area contributed by atoms with E-state index < -0.39 is 0 Å². The second-order valence-corrected chi connectivity index (χ2v) is 10.1. The van der Waals surface area contributed by atoms with Gasteiger partial charge in [-0.3, -0.25) is 0 Å². The zero-order valence-electron chi connectivity index (χ0n) is 22.2. The molecule has 3 aromatic carbocycles. The van der Waals surface area contributed by atoms with E-state index in [0.29, 0.717) is 25.0 Å². The molecule has 1 aliphatic heterocycles. The number of fused-ring (bicyclic) bond motifs is 2. The van der Waals surface area contributed by atoms with Gasteiger partial charge < -0.3 is 14.6 Å². The minimum absolute atomic E-state index is 0.0330. The van der Waals surface area contributed by atoms with E-state index in [9.17, 15) is 4.39 Å². The largest absolute Gasteiger partial charge is 0.475 e. The summed E-state index contributed by atoms with van der Waals surface area (Å²) in [6.07, 6.45) is 3.44. The first-order chi connectivity index (χ1) is 20.2. The number of imidazole rings is 1. The van der Waals surface area contributed by atoms with Gasteiger partial charge in [0.1, 0.15) is 18.2 Å². The minimum atomic E-state index is -0.286. The second-order valence-electron chi connectivity index (χ2n) is 10.1. The number of aryl methyl sites for hydroxylation is 1. The molecule has 1 aliphatic rings. The lowest BCUT2D eigenvalue weighted by Gasteiger charge is -2.18. The van der Waals surface area contributed by atoms with Crippen molar-refractivity contribution in [2.45, 2.75) is 25.4 Å². The molecule has 7 nitrogen and oxygen atoms in total. The van der Waals surface area contributed by atoms with Crippen LogP contribution in [-0.2, 0) is 13.0 Å². The zero-order chi connectivity index (χ0) is 27.6. The highest BCUT2D eigenvalue weighted by molar-refractivity contribution is 5.79. The van der Waals surface area contributed by atoms with Crippen LogP contribution in [0.15, 0.2) is 103 Å². The van der Waals surface area contributed by atoms with Gasteiger partial charge in [0.15, 0.2) is 0 Å². The van der Waals surface area contributed by atoms with Gasteiger partial charge in [0.25, 0.3) is 0 Å². The van der Waals surface area contributed by atoms with E-state index in [2.05, 4.69) is 32.0 Å². The Bertz CT molecular complexity index is 1820. The van der Waals surface area contributed by atoms with Gasteiger partial charge in [-0.25, -0.2) is 24.3 Å². The Kier molecular flexibility index (Phi) is 6.56. The van der Waals surface area contributed by atoms with E-state index in [1.54, 1.807) is 18.3 Å². The summed E-state index contributed by atoms with van der Waals surface area (Å²) in [7, 11) is 0. The van der Waals surface area contributed by atoms with E-state index >= 15 is 0 Å². The smallest absolute Gasteiger partial charge is 0.223 e. The molecule has 3 aromatic heterocycles. The Morgan fingerprint density at radius 1 is 0.854 bits per heavy atom. The second kappa shape index (κ2) is 10.8. The molecule has 0 saturated carbocycles. The first-order valence-electron chi connectivity index (χ1n) is 13.7. The van der Waals surface area contributed by atoms with E-state index in [0.717, 1.165) is 57.8 Å². The average Bonchev–Trinajstić information content (AvgIpc) is 3.59. The third-order valence-corrected chi connectivity index (χ3v) is 7.36. The summed E-state index contributed by atoms with van der Waals surface area (Å²) in [5.41, 5.74) is 5.24. The lowest BCUT2D eigenvalue weighted by molar-refractivity contribution is 0.248. The Morgan fingerprint density at radius 2 is 1.68 bits per heavy atom. The molecule has 0 fully saturated rings. The van der Waals surface area contributed by atoms with Crippen LogP contribution in [0, 0.1) is 5.82 Å². The monoisotopic (exact) mass is 542 g/mol. The van der Waals surface area contributed by atoms with E-state index in [-0.39, 0.29) is 11.9 Å². The predicted octanol–water partition coefficient (Wildman–Crippen LogP) is 6.87. The summed E-state index contributed by atoms with van der Waals surface area (Å²) in [6.45, 7) is 1.05. The normalized spacial score (nSPS) is 14.2. The van der Waals surface area contributed by atoms with Gasteiger partial charge in [-0.1, -0.05) is 48.5 Å². The van der Waals surface area contributed by atoms with Crippen LogP contribution < -0.4 is 10.1 Å². The van der Waals surface area contributed by atoms with Gasteiger partial charge in [-0.15, -0.1) is 0 Å². The van der Waals surface area contributed by atoms with E-state index in [1.165, 1.54) is 12.1 Å². The van der Waals surface area contributed by atoms with Gasteiger partial charge in [-0.05, 0) is 54.4 Å². The average molecular weight is 543 g/mol. The van der Waals surface area contributed by atoms with Crippen molar-refractivity contribution in [1.82, 2.24) is 24.5 Å². The van der Waals surface area contributed by atoms with Gasteiger partial charge in [-0.2, -0.15) is 0 Å². The molecular formula is C33H27FN6O. The number of hydrogen-bond donors (Lipinski definition) is 1. The van der Waals surface area contributed by atoms with Crippen molar-refractivity contribution in [2.24, 2.45) is 0 Å². The molecule has 41 heavy (non-hydrogen) atoms. The lowest BCUT2D eigenvalue weighted by Crippen LogP contribution is -2.16. The Hall–Kier alpha value is -5.11. The van der Waals surface area contributed by atoms with Crippen LogP contribution in [0.5, 0.6) is 5.88 Å². The third kappa shape index (κ3) is 5.12. The number of ether oxygens (including phenoxy) is 1. The topological polar surface area (TPSA) is 77.8 Å². The molecule has 202 valence electrons. The zero-order valence-corrected chi connectivity index (χ0v) is 22.2. The van der Waals surface area contributed by atoms with Crippen molar-refractivity contribution in [1.29, 1.82) is 0 Å². The first kappa shape index (κ1) is 24.9. The van der Waals surface area contributed by atoms with Crippen LogP contribution in [0.3, 0.4) is 0 Å². The number of aromatic nitrogens is 5. The Balaban J connectivity index is 1.23. The number of halogens is 1. The van der Waals surface area contributed by atoms with Crippen LogP contribution in [0.4, 0.5) is 10.3 Å². The molecule has 6 aromatic rings. The van der Waals surface area contributed by atoms with E-state index in [1.807, 2.05) is 60.7 Å². The fraction of sp³-hybridized carbons (Fsp3) is 0.152. The number of nitrogens with zero attached hydrogens (tertiary/aromatic N) is 5. The van der Waals surface area contributed by atoms with Gasteiger partial charge in [0.05, 0.1) is 28.6 Å². The highest BCUT2D eigenvalue weighted by Gasteiger charge is 2.31.